The van der Waals surface area contributed by atoms with Crippen molar-refractivity contribution >= 4 is 34.2 Å². The molecule has 11 heteroatoms. The van der Waals surface area contributed by atoms with Gasteiger partial charge in [-0.05, 0) is 30.5 Å². The molecule has 0 spiro atoms. The van der Waals surface area contributed by atoms with Gasteiger partial charge in [0.25, 0.3) is 5.91 Å². The molecular weight excluding hydrogens is 437 g/mol. The number of rotatable bonds is 4. The number of benzene rings is 1. The van der Waals surface area contributed by atoms with Crippen molar-refractivity contribution in [2.45, 2.75) is 31.6 Å². The van der Waals surface area contributed by atoms with Crippen LogP contribution in [0.4, 0.5) is 24.5 Å². The van der Waals surface area contributed by atoms with Crippen LogP contribution in [-0.4, -0.2) is 61.7 Å². The lowest BCUT2D eigenvalue weighted by Gasteiger charge is -2.28. The molecule has 2 amide bonds. The second-order valence-corrected chi connectivity index (χ2v) is 8.32. The Morgan fingerprint density at radius 3 is 2.88 bits per heavy atom. The molecule has 3 aromatic rings. The molecule has 1 atom stereocenters. The number of nitrogens with zero attached hydrogens (tertiary/aromatic N) is 5. The van der Waals surface area contributed by atoms with Crippen molar-refractivity contribution in [3.8, 4) is 0 Å². The number of carbonyl (C=O) groups excluding carboxylic acids is 2. The summed E-state index contributed by atoms with van der Waals surface area (Å²) in [6.07, 6.45) is -0.951. The van der Waals surface area contributed by atoms with Crippen LogP contribution in [0.3, 0.4) is 0 Å². The molecule has 0 aliphatic carbocycles. The zero-order valence-corrected chi connectivity index (χ0v) is 17.8. The molecule has 0 unspecified atom stereocenters. The second-order valence-electron chi connectivity index (χ2n) is 8.32. The summed E-state index contributed by atoms with van der Waals surface area (Å²) in [5.74, 6) is -1.07. The third-order valence-electron chi connectivity index (χ3n) is 6.14. The maximum atomic E-state index is 13.2. The summed E-state index contributed by atoms with van der Waals surface area (Å²) in [5, 5.41) is 8.20. The summed E-state index contributed by atoms with van der Waals surface area (Å²) >= 11 is 0. The minimum Gasteiger partial charge on any atom is -0.354 e. The minimum atomic E-state index is -4.47. The van der Waals surface area contributed by atoms with Crippen LogP contribution < -0.4 is 5.32 Å². The zero-order valence-electron chi connectivity index (χ0n) is 17.8. The lowest BCUT2D eigenvalue weighted by Crippen LogP contribution is -2.48. The van der Waals surface area contributed by atoms with Crippen molar-refractivity contribution in [1.29, 1.82) is 0 Å². The van der Waals surface area contributed by atoms with E-state index in [1.165, 1.54) is 4.90 Å². The van der Waals surface area contributed by atoms with Crippen LogP contribution in [0.5, 0.6) is 0 Å². The molecule has 0 saturated carbocycles. The van der Waals surface area contributed by atoms with Crippen LogP contribution in [0.2, 0.25) is 0 Å². The molecule has 8 nitrogen and oxygen atoms in total. The van der Waals surface area contributed by atoms with Crippen LogP contribution in [0, 0.1) is 0 Å². The standard InChI is InChI=1S/C22H21F3N6O2/c1-29-20-14(9-27-29)8-15(10-26-20)28-16-5-2-4-13-11-30(21(33)19(13)16)12-18(32)31-7-3-6-17(31)22(23,24)25/h2,4-5,8-10,17,28H,3,6-7,11-12H2,1H3/t17-/m0/s1. The van der Waals surface area contributed by atoms with Gasteiger partial charge in [-0.2, -0.15) is 18.3 Å². The largest absolute Gasteiger partial charge is 0.408 e. The number of hydrogen-bond acceptors (Lipinski definition) is 5. The molecule has 2 aromatic heterocycles. The van der Waals surface area contributed by atoms with Crippen LogP contribution in [0.1, 0.15) is 28.8 Å². The summed E-state index contributed by atoms with van der Waals surface area (Å²) in [7, 11) is 1.79. The molecule has 2 aliphatic heterocycles. The fraction of sp³-hybridized carbons (Fsp3) is 0.364. The Morgan fingerprint density at radius 1 is 1.27 bits per heavy atom. The van der Waals surface area contributed by atoms with Gasteiger partial charge in [-0.1, -0.05) is 12.1 Å². The highest BCUT2D eigenvalue weighted by Gasteiger charge is 2.48. The van der Waals surface area contributed by atoms with E-state index < -0.39 is 18.1 Å². The summed E-state index contributed by atoms with van der Waals surface area (Å²) < 4.78 is 41.4. The van der Waals surface area contributed by atoms with Crippen LogP contribution in [0.25, 0.3) is 11.0 Å². The number of aromatic nitrogens is 3. The fourth-order valence-electron chi connectivity index (χ4n) is 4.58. The molecule has 1 fully saturated rings. The van der Waals surface area contributed by atoms with Crippen LogP contribution in [0.15, 0.2) is 36.7 Å². The number of pyridine rings is 1. The Kier molecular flexibility index (Phi) is 4.98. The van der Waals surface area contributed by atoms with Gasteiger partial charge in [0.05, 0.1) is 29.3 Å². The topological polar surface area (TPSA) is 83.4 Å². The number of halogens is 3. The number of likely N-dealkylation sites (tertiary alicyclic amines) is 1. The zero-order chi connectivity index (χ0) is 23.3. The first-order valence-corrected chi connectivity index (χ1v) is 10.5. The average molecular weight is 458 g/mol. The molecule has 33 heavy (non-hydrogen) atoms. The number of alkyl halides is 3. The number of amides is 2. The second kappa shape index (κ2) is 7.75. The molecule has 5 rings (SSSR count). The summed E-state index contributed by atoms with van der Waals surface area (Å²) in [6.45, 7) is -0.169. The Morgan fingerprint density at radius 2 is 2.09 bits per heavy atom. The van der Waals surface area contributed by atoms with Gasteiger partial charge in [0.1, 0.15) is 12.6 Å². The van der Waals surface area contributed by atoms with Crippen molar-refractivity contribution < 1.29 is 22.8 Å². The molecule has 4 heterocycles. The van der Waals surface area contributed by atoms with E-state index in [2.05, 4.69) is 15.4 Å². The molecule has 172 valence electrons. The first-order chi connectivity index (χ1) is 15.7. The Bertz CT molecular complexity index is 1250. The van der Waals surface area contributed by atoms with Gasteiger partial charge >= 0.3 is 6.18 Å². The van der Waals surface area contributed by atoms with E-state index in [0.717, 1.165) is 15.9 Å². The predicted octanol–water partition coefficient (Wildman–Crippen LogP) is 3.22. The maximum Gasteiger partial charge on any atom is 0.408 e. The van der Waals surface area contributed by atoms with Gasteiger partial charge in [0, 0.05) is 25.5 Å². The Labute approximate surface area is 187 Å². The summed E-state index contributed by atoms with van der Waals surface area (Å²) in [4.78, 5) is 32.3. The number of nitrogens with one attached hydrogen (secondary N) is 1. The molecular formula is C22H21F3N6O2. The number of hydrogen-bond donors (Lipinski definition) is 1. The molecule has 2 aliphatic rings. The number of fused-ring (bicyclic) bond motifs is 2. The van der Waals surface area contributed by atoms with Crippen molar-refractivity contribution in [3.05, 3.63) is 47.8 Å². The first-order valence-electron chi connectivity index (χ1n) is 10.5. The van der Waals surface area contributed by atoms with E-state index in [1.807, 2.05) is 6.07 Å². The predicted molar refractivity (Wildman–Crippen MR) is 114 cm³/mol. The highest BCUT2D eigenvalue weighted by molar-refractivity contribution is 6.05. The summed E-state index contributed by atoms with van der Waals surface area (Å²) in [6, 6.07) is 5.39. The van der Waals surface area contributed by atoms with Crippen molar-refractivity contribution in [2.24, 2.45) is 7.05 Å². The highest BCUT2D eigenvalue weighted by Crippen LogP contribution is 2.34. The average Bonchev–Trinajstić information content (AvgIpc) is 3.47. The smallest absolute Gasteiger partial charge is 0.354 e. The van der Waals surface area contributed by atoms with Crippen LogP contribution in [-0.2, 0) is 18.4 Å². The number of anilines is 2. The number of carbonyl (C=O) groups is 2. The van der Waals surface area contributed by atoms with E-state index in [1.54, 1.807) is 42.3 Å². The highest BCUT2D eigenvalue weighted by atomic mass is 19.4. The van der Waals surface area contributed by atoms with E-state index in [9.17, 15) is 22.8 Å². The Balaban J connectivity index is 1.34. The van der Waals surface area contributed by atoms with Gasteiger partial charge in [0.2, 0.25) is 5.91 Å². The van der Waals surface area contributed by atoms with Gasteiger partial charge in [-0.15, -0.1) is 0 Å². The minimum absolute atomic E-state index is 0.0502. The van der Waals surface area contributed by atoms with Gasteiger partial charge in [-0.25, -0.2) is 4.98 Å². The SMILES string of the molecule is Cn1ncc2cc(Nc3cccc4c3C(=O)N(CC(=O)N3CCC[C@H]3C(F)(F)F)C4)cnc21. The quantitative estimate of drug-likeness (QED) is 0.649. The van der Waals surface area contributed by atoms with Gasteiger partial charge in [0.15, 0.2) is 5.65 Å². The molecule has 1 N–H and O–H groups in total. The normalized spacial score (nSPS) is 18.3. The third kappa shape index (κ3) is 3.77. The lowest BCUT2D eigenvalue weighted by atomic mass is 10.1. The van der Waals surface area contributed by atoms with E-state index in [-0.39, 0.29) is 32.0 Å². The molecule has 0 bridgehead atoms. The van der Waals surface area contributed by atoms with Crippen molar-refractivity contribution in [2.75, 3.05) is 18.4 Å². The first kappa shape index (κ1) is 21.2. The van der Waals surface area contributed by atoms with E-state index in [0.29, 0.717) is 28.9 Å². The molecule has 0 radical (unpaired) electrons. The molecule has 1 saturated heterocycles. The molecule has 1 aromatic carbocycles. The third-order valence-corrected chi connectivity index (χ3v) is 6.14. The monoisotopic (exact) mass is 458 g/mol. The van der Waals surface area contributed by atoms with Gasteiger partial charge in [-0.3, -0.25) is 14.3 Å². The van der Waals surface area contributed by atoms with Crippen molar-refractivity contribution in [3.63, 3.8) is 0 Å². The summed E-state index contributed by atoms with van der Waals surface area (Å²) in [5.41, 5.74) is 3.05. The van der Waals surface area contributed by atoms with Gasteiger partial charge < -0.3 is 15.1 Å². The van der Waals surface area contributed by atoms with Crippen LogP contribution >= 0.6 is 0 Å². The van der Waals surface area contributed by atoms with E-state index >= 15 is 0 Å². The Hall–Kier alpha value is -3.63. The lowest BCUT2D eigenvalue weighted by molar-refractivity contribution is -0.182. The maximum absolute atomic E-state index is 13.2. The fourth-order valence-corrected chi connectivity index (χ4v) is 4.58. The van der Waals surface area contributed by atoms with Crippen molar-refractivity contribution in [1.82, 2.24) is 24.6 Å². The number of aryl methyl sites for hydroxylation is 1. The van der Waals surface area contributed by atoms with E-state index in [4.69, 9.17) is 0 Å².